The van der Waals surface area contributed by atoms with Crippen molar-refractivity contribution in [3.8, 4) is 6.07 Å². The third kappa shape index (κ3) is 3.56. The average Bonchev–Trinajstić information content (AvgIpc) is 2.57. The number of nitriles is 1. The molecule has 0 saturated carbocycles. The van der Waals surface area contributed by atoms with Crippen molar-refractivity contribution in [1.82, 2.24) is 15.1 Å². The van der Waals surface area contributed by atoms with Crippen molar-refractivity contribution in [3.63, 3.8) is 0 Å². The Morgan fingerprint density at radius 2 is 2.17 bits per heavy atom. The first kappa shape index (κ1) is 15.2. The molecule has 1 N–H and O–H groups in total. The molecule has 1 aromatic rings. The van der Waals surface area contributed by atoms with Crippen LogP contribution in [0.25, 0.3) is 0 Å². The van der Waals surface area contributed by atoms with E-state index < -0.39 is 5.54 Å². The van der Waals surface area contributed by atoms with E-state index in [4.69, 9.17) is 0 Å². The van der Waals surface area contributed by atoms with Gasteiger partial charge in [0.2, 0.25) is 0 Å². The Bertz CT molecular complexity index is 447. The molecule has 0 aliphatic rings. The number of rotatable bonds is 6. The zero-order valence-corrected chi connectivity index (χ0v) is 13.1. The lowest BCUT2D eigenvalue weighted by Gasteiger charge is -2.22. The summed E-state index contributed by atoms with van der Waals surface area (Å²) in [5.74, 6) is 0. The van der Waals surface area contributed by atoms with Gasteiger partial charge in [0, 0.05) is 12.2 Å². The lowest BCUT2D eigenvalue weighted by molar-refractivity contribution is 0.395. The van der Waals surface area contributed by atoms with Gasteiger partial charge in [-0.25, -0.2) is 0 Å². The summed E-state index contributed by atoms with van der Waals surface area (Å²) >= 11 is 3.52. The minimum Gasteiger partial charge on any atom is -0.300 e. The van der Waals surface area contributed by atoms with Gasteiger partial charge >= 0.3 is 0 Å². The fourth-order valence-electron chi connectivity index (χ4n) is 2.05. The summed E-state index contributed by atoms with van der Waals surface area (Å²) in [6.07, 6.45) is 1.76. The molecule has 5 heteroatoms. The average molecular weight is 313 g/mol. The predicted molar refractivity (Wildman–Crippen MR) is 76.3 cm³/mol. The van der Waals surface area contributed by atoms with Crippen LogP contribution in [0.2, 0.25) is 0 Å². The Morgan fingerprint density at radius 3 is 2.61 bits per heavy atom. The van der Waals surface area contributed by atoms with Crippen molar-refractivity contribution in [2.45, 2.75) is 52.6 Å². The summed E-state index contributed by atoms with van der Waals surface area (Å²) in [5.41, 5.74) is 1.74. The van der Waals surface area contributed by atoms with Crippen molar-refractivity contribution < 1.29 is 0 Å². The Kier molecular flexibility index (Phi) is 5.36. The number of nitrogens with one attached hydrogen (secondary N) is 1. The number of aromatic nitrogens is 2. The van der Waals surface area contributed by atoms with Crippen molar-refractivity contribution >= 4 is 15.9 Å². The van der Waals surface area contributed by atoms with Gasteiger partial charge in [-0.15, -0.1) is 0 Å². The number of hydrogen-bond acceptors (Lipinski definition) is 3. The molecular weight excluding hydrogens is 292 g/mol. The molecule has 1 unspecified atom stereocenters. The molecule has 0 amide bonds. The van der Waals surface area contributed by atoms with Crippen LogP contribution in [0.1, 0.15) is 38.1 Å². The van der Waals surface area contributed by atoms with E-state index in [9.17, 15) is 5.26 Å². The van der Waals surface area contributed by atoms with Gasteiger partial charge in [-0.3, -0.25) is 10.00 Å². The number of nitrogens with zero attached hydrogens (tertiary/aromatic N) is 3. The SMILES string of the molecule is CCNC(C)(C#N)CCCn1nc(C)c(Br)c1C. The Hall–Kier alpha value is -0.860. The summed E-state index contributed by atoms with van der Waals surface area (Å²) < 4.78 is 3.08. The van der Waals surface area contributed by atoms with Gasteiger partial charge < -0.3 is 0 Å². The first-order valence-corrected chi connectivity index (χ1v) is 7.08. The van der Waals surface area contributed by atoms with Crippen molar-refractivity contribution in [1.29, 1.82) is 5.26 Å². The molecule has 1 rings (SSSR count). The van der Waals surface area contributed by atoms with Gasteiger partial charge in [0.25, 0.3) is 0 Å². The number of aryl methyl sites for hydroxylation is 2. The molecular formula is C13H21BrN4. The second-order valence-electron chi connectivity index (χ2n) is 4.79. The van der Waals surface area contributed by atoms with Gasteiger partial charge in [-0.2, -0.15) is 10.4 Å². The second-order valence-corrected chi connectivity index (χ2v) is 5.58. The van der Waals surface area contributed by atoms with Gasteiger partial charge in [0.15, 0.2) is 0 Å². The number of halogens is 1. The van der Waals surface area contributed by atoms with Crippen LogP contribution in [-0.2, 0) is 6.54 Å². The van der Waals surface area contributed by atoms with E-state index in [2.05, 4.69) is 39.3 Å². The van der Waals surface area contributed by atoms with Crippen LogP contribution in [0.15, 0.2) is 4.47 Å². The molecule has 0 aliphatic carbocycles. The van der Waals surface area contributed by atoms with Gasteiger partial charge in [0.05, 0.1) is 16.2 Å². The van der Waals surface area contributed by atoms with Crippen LogP contribution in [-0.4, -0.2) is 21.9 Å². The van der Waals surface area contributed by atoms with E-state index in [1.165, 1.54) is 0 Å². The van der Waals surface area contributed by atoms with E-state index in [0.717, 1.165) is 41.8 Å². The van der Waals surface area contributed by atoms with Crippen LogP contribution in [0.4, 0.5) is 0 Å². The maximum atomic E-state index is 9.17. The zero-order chi connectivity index (χ0) is 13.8. The molecule has 1 aromatic heterocycles. The highest BCUT2D eigenvalue weighted by molar-refractivity contribution is 9.10. The molecule has 0 spiro atoms. The summed E-state index contributed by atoms with van der Waals surface area (Å²) in [6.45, 7) is 9.68. The maximum Gasteiger partial charge on any atom is 0.103 e. The topological polar surface area (TPSA) is 53.6 Å². The van der Waals surface area contributed by atoms with Crippen molar-refractivity contribution in [2.24, 2.45) is 0 Å². The van der Waals surface area contributed by atoms with E-state index in [1.54, 1.807) is 0 Å². The largest absolute Gasteiger partial charge is 0.300 e. The summed E-state index contributed by atoms with van der Waals surface area (Å²) in [4.78, 5) is 0. The normalized spacial score (nSPS) is 14.2. The molecule has 0 aromatic carbocycles. The maximum absolute atomic E-state index is 9.17. The quantitative estimate of drug-likeness (QED) is 0.878. The molecule has 0 bridgehead atoms. The van der Waals surface area contributed by atoms with Crippen LogP contribution in [0.5, 0.6) is 0 Å². The molecule has 0 fully saturated rings. The molecule has 4 nitrogen and oxygen atoms in total. The van der Waals surface area contributed by atoms with Crippen LogP contribution in [0, 0.1) is 25.2 Å². The molecule has 100 valence electrons. The van der Waals surface area contributed by atoms with E-state index in [-0.39, 0.29) is 0 Å². The summed E-state index contributed by atoms with van der Waals surface area (Å²) in [6, 6.07) is 2.35. The summed E-state index contributed by atoms with van der Waals surface area (Å²) in [5, 5.41) is 16.9. The number of hydrogen-bond donors (Lipinski definition) is 1. The third-order valence-corrected chi connectivity index (χ3v) is 4.30. The Labute approximate surface area is 117 Å². The Balaban J connectivity index is 2.56. The first-order valence-electron chi connectivity index (χ1n) is 6.29. The minimum absolute atomic E-state index is 0.428. The van der Waals surface area contributed by atoms with E-state index in [1.807, 2.05) is 25.5 Å². The van der Waals surface area contributed by atoms with Crippen molar-refractivity contribution in [2.75, 3.05) is 6.54 Å². The molecule has 0 saturated heterocycles. The van der Waals surface area contributed by atoms with Gasteiger partial charge in [-0.05, 0) is 56.1 Å². The molecule has 1 atom stereocenters. The molecule has 1 heterocycles. The minimum atomic E-state index is -0.428. The van der Waals surface area contributed by atoms with E-state index in [0.29, 0.717) is 0 Å². The smallest absolute Gasteiger partial charge is 0.103 e. The molecule has 0 aliphatic heterocycles. The first-order chi connectivity index (χ1) is 8.43. The van der Waals surface area contributed by atoms with E-state index >= 15 is 0 Å². The monoisotopic (exact) mass is 312 g/mol. The van der Waals surface area contributed by atoms with Crippen LogP contribution in [0.3, 0.4) is 0 Å². The lowest BCUT2D eigenvalue weighted by Crippen LogP contribution is -2.40. The second kappa shape index (κ2) is 6.35. The fraction of sp³-hybridized carbons (Fsp3) is 0.692. The molecule has 0 radical (unpaired) electrons. The van der Waals surface area contributed by atoms with Gasteiger partial charge in [-0.1, -0.05) is 6.92 Å². The van der Waals surface area contributed by atoms with Crippen molar-refractivity contribution in [3.05, 3.63) is 15.9 Å². The highest BCUT2D eigenvalue weighted by Gasteiger charge is 2.21. The fourth-order valence-corrected chi connectivity index (χ4v) is 2.33. The third-order valence-electron chi connectivity index (χ3n) is 3.15. The van der Waals surface area contributed by atoms with Crippen LogP contribution < -0.4 is 5.32 Å². The Morgan fingerprint density at radius 1 is 1.50 bits per heavy atom. The highest BCUT2D eigenvalue weighted by atomic mass is 79.9. The zero-order valence-electron chi connectivity index (χ0n) is 11.5. The molecule has 18 heavy (non-hydrogen) atoms. The highest BCUT2D eigenvalue weighted by Crippen LogP contribution is 2.20. The van der Waals surface area contributed by atoms with Gasteiger partial charge in [0.1, 0.15) is 5.54 Å². The van der Waals surface area contributed by atoms with Crippen LogP contribution >= 0.6 is 15.9 Å². The predicted octanol–water partition coefficient (Wildman–Crippen LogP) is 2.93. The summed E-state index contributed by atoms with van der Waals surface area (Å²) in [7, 11) is 0. The standard InChI is InChI=1S/C13H21BrN4/c1-5-16-13(4,9-15)7-6-8-18-11(3)12(14)10(2)17-18/h16H,5-8H2,1-4H3. The lowest BCUT2D eigenvalue weighted by atomic mass is 9.98.